The molecule has 0 radical (unpaired) electrons. The molecule has 2 nitrogen and oxygen atoms in total. The first-order valence-corrected chi connectivity index (χ1v) is 7.39. The van der Waals surface area contributed by atoms with Crippen LogP contribution in [0.4, 0.5) is 5.69 Å². The monoisotopic (exact) mass is 385 g/mol. The smallest absolute Gasteiger partial charge is 0.224 e. The minimum Gasteiger partial charge on any atom is -0.326 e. The van der Waals surface area contributed by atoms with Crippen molar-refractivity contribution >= 4 is 45.8 Å². The molecule has 0 saturated carbocycles. The molecule has 4 heteroatoms. The van der Waals surface area contributed by atoms with Gasteiger partial charge in [0.05, 0.1) is 0 Å². The van der Waals surface area contributed by atoms with Crippen molar-refractivity contribution in [1.29, 1.82) is 0 Å². The molecule has 0 spiro atoms. The highest BCUT2D eigenvalue weighted by molar-refractivity contribution is 14.1. The number of aryl methyl sites for hydroxylation is 1. The van der Waals surface area contributed by atoms with E-state index >= 15 is 0 Å². The van der Waals surface area contributed by atoms with Gasteiger partial charge in [-0.25, -0.2) is 0 Å². The Morgan fingerprint density at radius 2 is 1.89 bits per heavy atom. The summed E-state index contributed by atoms with van der Waals surface area (Å²) >= 11 is 8.14. The predicted molar refractivity (Wildman–Crippen MR) is 87.6 cm³/mol. The lowest BCUT2D eigenvalue weighted by atomic mass is 10.1. The number of anilines is 1. The second-order valence-electron chi connectivity index (χ2n) is 4.18. The molecule has 2 aromatic rings. The van der Waals surface area contributed by atoms with Crippen LogP contribution in [0.2, 0.25) is 5.02 Å². The van der Waals surface area contributed by atoms with E-state index in [0.29, 0.717) is 17.9 Å². The van der Waals surface area contributed by atoms with Crippen molar-refractivity contribution in [3.05, 3.63) is 62.7 Å². The SMILES string of the molecule is O=C(CCc1cccc(Cl)c1)Nc1ccc(I)cc1. The number of carbonyl (C=O) groups excluding carboxylic acids is 1. The Labute approximate surface area is 131 Å². The van der Waals surface area contributed by atoms with Crippen molar-refractivity contribution in [2.24, 2.45) is 0 Å². The largest absolute Gasteiger partial charge is 0.326 e. The molecule has 0 atom stereocenters. The van der Waals surface area contributed by atoms with E-state index in [1.54, 1.807) is 0 Å². The molecule has 2 aromatic carbocycles. The van der Waals surface area contributed by atoms with Crippen LogP contribution in [0.15, 0.2) is 48.5 Å². The molecule has 19 heavy (non-hydrogen) atoms. The molecule has 1 N–H and O–H groups in total. The van der Waals surface area contributed by atoms with Crippen molar-refractivity contribution in [2.45, 2.75) is 12.8 Å². The highest BCUT2D eigenvalue weighted by atomic mass is 127. The lowest BCUT2D eigenvalue weighted by Crippen LogP contribution is -2.12. The highest BCUT2D eigenvalue weighted by Crippen LogP contribution is 2.14. The summed E-state index contributed by atoms with van der Waals surface area (Å²) in [5, 5.41) is 3.58. The lowest BCUT2D eigenvalue weighted by molar-refractivity contribution is -0.116. The van der Waals surface area contributed by atoms with Gasteiger partial charge in [-0.05, 0) is 71.0 Å². The number of rotatable bonds is 4. The standard InChI is InChI=1S/C15H13ClINO/c16-12-3-1-2-11(10-12)4-9-15(19)18-14-7-5-13(17)6-8-14/h1-3,5-8,10H,4,9H2,(H,18,19). The predicted octanol–water partition coefficient (Wildman–Crippen LogP) is 4.52. The van der Waals surface area contributed by atoms with Gasteiger partial charge in [0.25, 0.3) is 0 Å². The molecule has 0 heterocycles. The molecule has 98 valence electrons. The molecule has 0 bridgehead atoms. The number of amides is 1. The fourth-order valence-corrected chi connectivity index (χ4v) is 2.28. The van der Waals surface area contributed by atoms with Gasteiger partial charge in [0.2, 0.25) is 5.91 Å². The summed E-state index contributed by atoms with van der Waals surface area (Å²) in [5.74, 6) is 0.0150. The van der Waals surface area contributed by atoms with Crippen LogP contribution < -0.4 is 5.32 Å². The molecule has 1 amide bonds. The fraction of sp³-hybridized carbons (Fsp3) is 0.133. The fourth-order valence-electron chi connectivity index (χ4n) is 1.71. The van der Waals surface area contributed by atoms with Crippen LogP contribution in [-0.4, -0.2) is 5.91 Å². The third-order valence-corrected chi connectivity index (χ3v) is 3.61. The van der Waals surface area contributed by atoms with Gasteiger partial charge in [-0.15, -0.1) is 0 Å². The number of halogens is 2. The Morgan fingerprint density at radius 1 is 1.16 bits per heavy atom. The Morgan fingerprint density at radius 3 is 2.58 bits per heavy atom. The quantitative estimate of drug-likeness (QED) is 0.771. The van der Waals surface area contributed by atoms with Crippen LogP contribution in [-0.2, 0) is 11.2 Å². The molecule has 0 aliphatic rings. The van der Waals surface area contributed by atoms with Crippen LogP contribution in [0, 0.1) is 3.57 Å². The Hall–Kier alpha value is -1.07. The van der Waals surface area contributed by atoms with E-state index in [9.17, 15) is 4.79 Å². The maximum Gasteiger partial charge on any atom is 0.224 e. The first-order chi connectivity index (χ1) is 9.13. The van der Waals surface area contributed by atoms with Crippen LogP contribution in [0.1, 0.15) is 12.0 Å². The third-order valence-electron chi connectivity index (χ3n) is 2.66. The normalized spacial score (nSPS) is 10.2. The van der Waals surface area contributed by atoms with Gasteiger partial charge in [-0.3, -0.25) is 4.79 Å². The van der Waals surface area contributed by atoms with E-state index in [4.69, 9.17) is 11.6 Å². The number of nitrogens with one attached hydrogen (secondary N) is 1. The number of benzene rings is 2. The zero-order valence-electron chi connectivity index (χ0n) is 10.2. The van der Waals surface area contributed by atoms with E-state index in [1.807, 2.05) is 48.5 Å². The van der Waals surface area contributed by atoms with Crippen LogP contribution in [0.3, 0.4) is 0 Å². The van der Waals surface area contributed by atoms with E-state index in [-0.39, 0.29) is 5.91 Å². The molecule has 0 unspecified atom stereocenters. The van der Waals surface area contributed by atoms with Crippen LogP contribution in [0.5, 0.6) is 0 Å². The Balaban J connectivity index is 1.86. The van der Waals surface area contributed by atoms with Crippen molar-refractivity contribution in [2.75, 3.05) is 5.32 Å². The first-order valence-electron chi connectivity index (χ1n) is 5.93. The minimum atomic E-state index is 0.0150. The molecular weight excluding hydrogens is 373 g/mol. The van der Waals surface area contributed by atoms with Gasteiger partial charge >= 0.3 is 0 Å². The molecule has 0 fully saturated rings. The Kier molecular flexibility index (Phi) is 5.22. The van der Waals surface area contributed by atoms with E-state index in [0.717, 1.165) is 14.8 Å². The maximum atomic E-state index is 11.8. The van der Waals surface area contributed by atoms with Gasteiger partial charge in [-0.1, -0.05) is 23.7 Å². The minimum absolute atomic E-state index is 0.0150. The average molecular weight is 386 g/mol. The lowest BCUT2D eigenvalue weighted by Gasteiger charge is -2.05. The summed E-state index contributed by atoms with van der Waals surface area (Å²) in [6.45, 7) is 0. The second-order valence-corrected chi connectivity index (χ2v) is 5.87. The zero-order valence-corrected chi connectivity index (χ0v) is 13.1. The molecule has 0 aliphatic heterocycles. The van der Waals surface area contributed by atoms with Crippen LogP contribution >= 0.6 is 34.2 Å². The number of hydrogen-bond donors (Lipinski definition) is 1. The zero-order chi connectivity index (χ0) is 13.7. The summed E-state index contributed by atoms with van der Waals surface area (Å²) in [4.78, 5) is 11.8. The maximum absolute atomic E-state index is 11.8. The topological polar surface area (TPSA) is 29.1 Å². The van der Waals surface area contributed by atoms with Gasteiger partial charge < -0.3 is 5.32 Å². The summed E-state index contributed by atoms with van der Waals surface area (Å²) in [7, 11) is 0. The summed E-state index contributed by atoms with van der Waals surface area (Å²) in [6, 6.07) is 15.3. The van der Waals surface area contributed by atoms with Crippen LogP contribution in [0.25, 0.3) is 0 Å². The molecular formula is C15H13ClINO. The number of hydrogen-bond acceptors (Lipinski definition) is 1. The average Bonchev–Trinajstić information content (AvgIpc) is 2.39. The van der Waals surface area contributed by atoms with Crippen molar-refractivity contribution < 1.29 is 4.79 Å². The van der Waals surface area contributed by atoms with Gasteiger partial charge in [0.15, 0.2) is 0 Å². The Bertz CT molecular complexity index is 569. The summed E-state index contributed by atoms with van der Waals surface area (Å²) in [6.07, 6.45) is 1.14. The van der Waals surface area contributed by atoms with Gasteiger partial charge in [-0.2, -0.15) is 0 Å². The highest BCUT2D eigenvalue weighted by Gasteiger charge is 2.03. The molecule has 2 rings (SSSR count). The van der Waals surface area contributed by atoms with Gasteiger partial charge in [0, 0.05) is 20.7 Å². The van der Waals surface area contributed by atoms with E-state index in [1.165, 1.54) is 0 Å². The van der Waals surface area contributed by atoms with Crippen molar-refractivity contribution in [3.63, 3.8) is 0 Å². The van der Waals surface area contributed by atoms with Crippen molar-refractivity contribution in [3.8, 4) is 0 Å². The summed E-state index contributed by atoms with van der Waals surface area (Å²) in [5.41, 5.74) is 1.90. The first kappa shape index (κ1) is 14.3. The second kappa shape index (κ2) is 6.91. The summed E-state index contributed by atoms with van der Waals surface area (Å²) < 4.78 is 1.15. The van der Waals surface area contributed by atoms with E-state index < -0.39 is 0 Å². The molecule has 0 aliphatic carbocycles. The molecule has 0 saturated heterocycles. The third kappa shape index (κ3) is 4.84. The number of carbonyl (C=O) groups is 1. The van der Waals surface area contributed by atoms with Crippen molar-refractivity contribution in [1.82, 2.24) is 0 Å². The van der Waals surface area contributed by atoms with E-state index in [2.05, 4.69) is 27.9 Å². The molecule has 0 aromatic heterocycles. The van der Waals surface area contributed by atoms with Gasteiger partial charge in [0.1, 0.15) is 0 Å².